The first kappa shape index (κ1) is 12.4. The first-order chi connectivity index (χ1) is 7.25. The molecule has 1 saturated heterocycles. The number of carbonyl (C=O) groups is 1. The van der Waals surface area contributed by atoms with E-state index in [1.165, 1.54) is 0 Å². The maximum absolute atomic E-state index is 11.8. The fourth-order valence-corrected chi connectivity index (χ4v) is 1.55. The van der Waals surface area contributed by atoms with Gasteiger partial charge in [-0.2, -0.15) is 0 Å². The van der Waals surface area contributed by atoms with E-state index in [4.69, 9.17) is 9.47 Å². The van der Waals surface area contributed by atoms with Gasteiger partial charge in [-0.05, 0) is 6.42 Å². The Hall–Kier alpha value is -0.650. The molecule has 15 heavy (non-hydrogen) atoms. The molecule has 1 atom stereocenters. The van der Waals surface area contributed by atoms with Gasteiger partial charge in [-0.3, -0.25) is 4.79 Å². The highest BCUT2D eigenvalue weighted by atomic mass is 16.5. The lowest BCUT2D eigenvalue weighted by Crippen LogP contribution is -2.51. The van der Waals surface area contributed by atoms with E-state index in [2.05, 4.69) is 5.32 Å². The summed E-state index contributed by atoms with van der Waals surface area (Å²) in [6, 6.07) is -0.175. The molecule has 0 aliphatic carbocycles. The minimum atomic E-state index is -0.175. The highest BCUT2D eigenvalue weighted by Crippen LogP contribution is 1.99. The predicted molar refractivity (Wildman–Crippen MR) is 56.7 cm³/mol. The molecule has 1 unspecified atom stereocenters. The monoisotopic (exact) mass is 216 g/mol. The summed E-state index contributed by atoms with van der Waals surface area (Å²) in [6.45, 7) is 3.34. The Bertz CT molecular complexity index is 193. The Morgan fingerprint density at radius 1 is 1.67 bits per heavy atom. The second-order valence-electron chi connectivity index (χ2n) is 3.69. The second-order valence-corrected chi connectivity index (χ2v) is 3.69. The molecule has 5 heteroatoms. The third-order valence-corrected chi connectivity index (χ3v) is 2.44. The molecule has 1 heterocycles. The highest BCUT2D eigenvalue weighted by molar-refractivity contribution is 5.81. The van der Waals surface area contributed by atoms with Gasteiger partial charge in [-0.1, -0.05) is 0 Å². The van der Waals surface area contributed by atoms with Gasteiger partial charge in [-0.25, -0.2) is 0 Å². The molecule has 0 aromatic rings. The molecule has 0 saturated carbocycles. The lowest BCUT2D eigenvalue weighted by molar-refractivity contribution is -0.135. The molecule has 1 aliphatic rings. The average molecular weight is 216 g/mol. The highest BCUT2D eigenvalue weighted by Gasteiger charge is 2.23. The number of amides is 1. The van der Waals surface area contributed by atoms with Gasteiger partial charge in [-0.15, -0.1) is 0 Å². The molecule has 0 radical (unpaired) electrons. The number of ether oxygens (including phenoxy) is 2. The van der Waals surface area contributed by atoms with Crippen LogP contribution in [0.5, 0.6) is 0 Å². The number of carbonyl (C=O) groups excluding carboxylic acids is 1. The van der Waals surface area contributed by atoms with Gasteiger partial charge < -0.3 is 19.7 Å². The van der Waals surface area contributed by atoms with Crippen LogP contribution in [-0.4, -0.2) is 63.9 Å². The number of hydrogen-bond donors (Lipinski definition) is 1. The Labute approximate surface area is 90.7 Å². The summed E-state index contributed by atoms with van der Waals surface area (Å²) in [5.41, 5.74) is 0. The third kappa shape index (κ3) is 4.15. The van der Waals surface area contributed by atoms with Crippen molar-refractivity contribution in [1.82, 2.24) is 10.2 Å². The standard InChI is InChI=1S/C10H20N2O3/c1-12(5-3-6-14-2)10(13)9-8-15-7-4-11-9/h9,11H,3-8H2,1-2H3. The third-order valence-electron chi connectivity index (χ3n) is 2.44. The van der Waals surface area contributed by atoms with Crippen LogP contribution in [0.15, 0.2) is 0 Å². The first-order valence-corrected chi connectivity index (χ1v) is 5.30. The summed E-state index contributed by atoms with van der Waals surface area (Å²) < 4.78 is 10.2. The van der Waals surface area contributed by atoms with Crippen LogP contribution < -0.4 is 5.32 Å². The molecule has 0 aromatic heterocycles. The summed E-state index contributed by atoms with van der Waals surface area (Å²) in [5, 5.41) is 3.14. The van der Waals surface area contributed by atoms with Crippen LogP contribution in [0.2, 0.25) is 0 Å². The SMILES string of the molecule is COCCCN(C)C(=O)C1COCCN1. The molecule has 1 aliphatic heterocycles. The average Bonchev–Trinajstić information content (AvgIpc) is 2.29. The van der Waals surface area contributed by atoms with Gasteiger partial charge in [0.05, 0.1) is 13.2 Å². The van der Waals surface area contributed by atoms with Crippen molar-refractivity contribution in [2.24, 2.45) is 0 Å². The van der Waals surface area contributed by atoms with Crippen molar-refractivity contribution in [3.8, 4) is 0 Å². The summed E-state index contributed by atoms with van der Waals surface area (Å²) in [4.78, 5) is 13.6. The van der Waals surface area contributed by atoms with Crippen molar-refractivity contribution in [3.05, 3.63) is 0 Å². The number of nitrogens with zero attached hydrogens (tertiary/aromatic N) is 1. The fourth-order valence-electron chi connectivity index (χ4n) is 1.55. The number of nitrogens with one attached hydrogen (secondary N) is 1. The Kier molecular flexibility index (Phi) is 5.60. The molecule has 1 rings (SSSR count). The van der Waals surface area contributed by atoms with E-state index >= 15 is 0 Å². The maximum atomic E-state index is 11.8. The van der Waals surface area contributed by atoms with Crippen molar-refractivity contribution in [2.45, 2.75) is 12.5 Å². The summed E-state index contributed by atoms with van der Waals surface area (Å²) in [7, 11) is 3.48. The number of hydrogen-bond acceptors (Lipinski definition) is 4. The lowest BCUT2D eigenvalue weighted by atomic mass is 10.2. The number of likely N-dealkylation sites (N-methyl/N-ethyl adjacent to an activating group) is 1. The Morgan fingerprint density at radius 2 is 2.47 bits per heavy atom. The van der Waals surface area contributed by atoms with E-state index in [9.17, 15) is 4.79 Å². The van der Waals surface area contributed by atoms with Crippen LogP contribution in [-0.2, 0) is 14.3 Å². The van der Waals surface area contributed by atoms with E-state index in [0.29, 0.717) is 19.8 Å². The van der Waals surface area contributed by atoms with Crippen molar-refractivity contribution < 1.29 is 14.3 Å². The Morgan fingerprint density at radius 3 is 3.07 bits per heavy atom. The second kappa shape index (κ2) is 6.76. The molecule has 1 amide bonds. The van der Waals surface area contributed by atoms with Gasteiger partial charge >= 0.3 is 0 Å². The molecule has 1 N–H and O–H groups in total. The minimum absolute atomic E-state index is 0.103. The fraction of sp³-hybridized carbons (Fsp3) is 0.900. The van der Waals surface area contributed by atoms with Crippen LogP contribution in [0.25, 0.3) is 0 Å². The van der Waals surface area contributed by atoms with Gasteiger partial charge in [0.2, 0.25) is 5.91 Å². The van der Waals surface area contributed by atoms with Crippen LogP contribution in [0.1, 0.15) is 6.42 Å². The van der Waals surface area contributed by atoms with E-state index < -0.39 is 0 Å². The van der Waals surface area contributed by atoms with E-state index in [1.807, 2.05) is 7.05 Å². The van der Waals surface area contributed by atoms with E-state index in [0.717, 1.165) is 19.5 Å². The molecule has 1 fully saturated rings. The Balaban J connectivity index is 2.24. The normalized spacial score (nSPS) is 21.3. The molecule has 0 aromatic carbocycles. The summed E-state index contributed by atoms with van der Waals surface area (Å²) in [5.74, 6) is 0.103. The molecule has 0 bridgehead atoms. The van der Waals surface area contributed by atoms with Crippen LogP contribution in [0, 0.1) is 0 Å². The molecular weight excluding hydrogens is 196 g/mol. The van der Waals surface area contributed by atoms with Gasteiger partial charge in [0.1, 0.15) is 6.04 Å². The van der Waals surface area contributed by atoms with Crippen molar-refractivity contribution in [2.75, 3.05) is 47.1 Å². The van der Waals surface area contributed by atoms with Crippen LogP contribution in [0.4, 0.5) is 0 Å². The molecule has 5 nitrogen and oxygen atoms in total. The predicted octanol–water partition coefficient (Wildman–Crippen LogP) is -0.530. The van der Waals surface area contributed by atoms with Crippen molar-refractivity contribution >= 4 is 5.91 Å². The van der Waals surface area contributed by atoms with Gasteiger partial charge in [0.25, 0.3) is 0 Å². The van der Waals surface area contributed by atoms with E-state index in [1.54, 1.807) is 12.0 Å². The number of morpholine rings is 1. The number of rotatable bonds is 5. The summed E-state index contributed by atoms with van der Waals surface area (Å²) in [6.07, 6.45) is 0.867. The maximum Gasteiger partial charge on any atom is 0.241 e. The van der Waals surface area contributed by atoms with E-state index in [-0.39, 0.29) is 11.9 Å². The summed E-state index contributed by atoms with van der Waals surface area (Å²) >= 11 is 0. The van der Waals surface area contributed by atoms with Crippen molar-refractivity contribution in [3.63, 3.8) is 0 Å². The quantitative estimate of drug-likeness (QED) is 0.628. The lowest BCUT2D eigenvalue weighted by Gasteiger charge is -2.27. The van der Waals surface area contributed by atoms with Crippen molar-refractivity contribution in [1.29, 1.82) is 0 Å². The van der Waals surface area contributed by atoms with Crippen LogP contribution in [0.3, 0.4) is 0 Å². The topological polar surface area (TPSA) is 50.8 Å². The first-order valence-electron chi connectivity index (χ1n) is 5.30. The largest absolute Gasteiger partial charge is 0.385 e. The van der Waals surface area contributed by atoms with Gasteiger partial charge in [0, 0.05) is 33.9 Å². The minimum Gasteiger partial charge on any atom is -0.385 e. The van der Waals surface area contributed by atoms with Gasteiger partial charge in [0.15, 0.2) is 0 Å². The molecular formula is C10H20N2O3. The zero-order chi connectivity index (χ0) is 11.1. The number of methoxy groups -OCH3 is 1. The zero-order valence-corrected chi connectivity index (χ0v) is 9.49. The van der Waals surface area contributed by atoms with Crippen LogP contribution >= 0.6 is 0 Å². The molecule has 88 valence electrons. The zero-order valence-electron chi connectivity index (χ0n) is 9.49. The smallest absolute Gasteiger partial charge is 0.241 e. The molecule has 0 spiro atoms.